The fourth-order valence-corrected chi connectivity index (χ4v) is 5.26. The maximum absolute atomic E-state index is 12.0. The first-order valence-electron chi connectivity index (χ1n) is 12.1. The molecule has 0 N–H and O–H groups in total. The van der Waals surface area contributed by atoms with Gasteiger partial charge in [-0.05, 0) is 76.5 Å². The summed E-state index contributed by atoms with van der Waals surface area (Å²) in [7, 11) is -3.19. The van der Waals surface area contributed by atoms with E-state index < -0.39 is 10.0 Å². The van der Waals surface area contributed by atoms with Crippen molar-refractivity contribution in [2.75, 3.05) is 26.0 Å². The van der Waals surface area contributed by atoms with E-state index in [2.05, 4.69) is 38.3 Å². The van der Waals surface area contributed by atoms with Gasteiger partial charge in [-0.25, -0.2) is 12.7 Å². The predicted octanol–water partition coefficient (Wildman–Crippen LogP) is 6.14. The number of ether oxygens (including phenoxy) is 1. The summed E-state index contributed by atoms with van der Waals surface area (Å²) in [5.74, 6) is 0.103. The molecule has 1 aliphatic rings. The van der Waals surface area contributed by atoms with E-state index in [0.29, 0.717) is 32.5 Å². The van der Waals surface area contributed by atoms with Gasteiger partial charge in [0.25, 0.3) is 0 Å². The third-order valence-corrected chi connectivity index (χ3v) is 7.72. The molecule has 0 aromatic carbocycles. The zero-order chi connectivity index (χ0) is 25.9. The Bertz CT molecular complexity index is 958. The van der Waals surface area contributed by atoms with Gasteiger partial charge < -0.3 is 4.74 Å². The number of nitrogens with zero attached hydrogens (tertiary/aromatic N) is 1. The van der Waals surface area contributed by atoms with Crippen LogP contribution in [0.2, 0.25) is 0 Å². The van der Waals surface area contributed by atoms with E-state index >= 15 is 0 Å². The summed E-state index contributed by atoms with van der Waals surface area (Å²) < 4.78 is 30.7. The summed E-state index contributed by atoms with van der Waals surface area (Å²) in [6.07, 6.45) is 13.9. The maximum atomic E-state index is 12.0. The van der Waals surface area contributed by atoms with Gasteiger partial charge in [-0.1, -0.05) is 54.7 Å². The Kier molecular flexibility index (Phi) is 12.5. The maximum Gasteiger partial charge on any atom is 0.306 e. The number of carbonyl (C=O) groups excluding carboxylic acids is 1. The molecule has 1 saturated heterocycles. The number of hydrogen-bond acceptors (Lipinski definition) is 4. The van der Waals surface area contributed by atoms with Crippen LogP contribution in [0, 0.1) is 11.8 Å². The first-order chi connectivity index (χ1) is 16.0. The van der Waals surface area contributed by atoms with E-state index in [9.17, 15) is 13.2 Å². The van der Waals surface area contributed by atoms with Crippen LogP contribution in [0.1, 0.15) is 60.3 Å². The lowest BCUT2D eigenvalue weighted by molar-refractivity contribution is -0.143. The molecule has 0 spiro atoms. The van der Waals surface area contributed by atoms with Crippen LogP contribution in [0.4, 0.5) is 0 Å². The standard InChI is InChI=1S/C28H43NO4S/c1-9-13-26(24(11-3)20-21(5)14-15-27(30)33-12-4)28(23(7)22(6)10-2)25-16-18-29(19-17-25)34(8,31)32/h9-11,13,20,25,28H,3,7,12,14-19H2,1-2,4-6,8H3/b13-9-,21-20+,22-10-,26-24-. The fourth-order valence-electron chi connectivity index (χ4n) is 4.39. The second-order valence-corrected chi connectivity index (χ2v) is 10.9. The van der Waals surface area contributed by atoms with Crippen molar-refractivity contribution >= 4 is 16.0 Å². The minimum absolute atomic E-state index is 0.0382. The lowest BCUT2D eigenvalue weighted by Gasteiger charge is -2.37. The number of carbonyl (C=O) groups is 1. The lowest BCUT2D eigenvalue weighted by atomic mass is 9.72. The molecular weight excluding hydrogens is 446 g/mol. The van der Waals surface area contributed by atoms with E-state index in [4.69, 9.17) is 4.74 Å². The van der Waals surface area contributed by atoms with Crippen molar-refractivity contribution in [2.24, 2.45) is 11.8 Å². The monoisotopic (exact) mass is 489 g/mol. The van der Waals surface area contributed by atoms with Gasteiger partial charge >= 0.3 is 5.97 Å². The molecule has 0 radical (unpaired) electrons. The third-order valence-electron chi connectivity index (χ3n) is 6.42. The lowest BCUT2D eigenvalue weighted by Crippen LogP contribution is -2.40. The summed E-state index contributed by atoms with van der Waals surface area (Å²) in [5, 5.41) is 0. The van der Waals surface area contributed by atoms with Gasteiger partial charge in [0.2, 0.25) is 10.0 Å². The Balaban J connectivity index is 3.43. The van der Waals surface area contributed by atoms with Crippen molar-refractivity contribution in [3.05, 3.63) is 71.4 Å². The smallest absolute Gasteiger partial charge is 0.306 e. The van der Waals surface area contributed by atoms with E-state index in [1.54, 1.807) is 4.31 Å². The quantitative estimate of drug-likeness (QED) is 0.244. The highest BCUT2D eigenvalue weighted by Gasteiger charge is 2.33. The van der Waals surface area contributed by atoms with E-state index in [1.807, 2.05) is 39.8 Å². The average molecular weight is 490 g/mol. The predicted molar refractivity (Wildman–Crippen MR) is 143 cm³/mol. The Morgan fingerprint density at radius 1 is 1.18 bits per heavy atom. The summed E-state index contributed by atoms with van der Waals surface area (Å²) in [4.78, 5) is 11.8. The summed E-state index contributed by atoms with van der Waals surface area (Å²) in [5.41, 5.74) is 5.37. The van der Waals surface area contributed by atoms with Crippen LogP contribution in [-0.2, 0) is 19.6 Å². The molecule has 0 saturated carbocycles. The Labute approximate surface area is 207 Å². The average Bonchev–Trinajstić information content (AvgIpc) is 2.80. The molecule has 1 heterocycles. The number of piperidine rings is 1. The zero-order valence-corrected chi connectivity index (χ0v) is 22.7. The largest absolute Gasteiger partial charge is 0.466 e. The molecule has 34 heavy (non-hydrogen) atoms. The summed E-state index contributed by atoms with van der Waals surface area (Å²) in [6, 6.07) is 0. The van der Waals surface area contributed by atoms with Gasteiger partial charge in [0.15, 0.2) is 0 Å². The molecule has 1 atom stereocenters. The van der Waals surface area contributed by atoms with Crippen LogP contribution >= 0.6 is 0 Å². The molecule has 1 unspecified atom stereocenters. The molecule has 0 bridgehead atoms. The topological polar surface area (TPSA) is 63.7 Å². The van der Waals surface area contributed by atoms with E-state index in [-0.39, 0.29) is 17.8 Å². The normalized spacial score (nSPS) is 18.5. The van der Waals surface area contributed by atoms with Crippen molar-refractivity contribution in [3.63, 3.8) is 0 Å². The van der Waals surface area contributed by atoms with E-state index in [1.165, 1.54) is 6.26 Å². The molecule has 1 rings (SSSR count). The number of allylic oxidation sites excluding steroid dienone is 10. The van der Waals surface area contributed by atoms with Crippen LogP contribution in [-0.4, -0.2) is 44.6 Å². The van der Waals surface area contributed by atoms with Crippen LogP contribution in [0.15, 0.2) is 71.4 Å². The number of rotatable bonds is 12. The van der Waals surface area contributed by atoms with Crippen molar-refractivity contribution in [1.29, 1.82) is 0 Å². The van der Waals surface area contributed by atoms with Crippen LogP contribution in [0.3, 0.4) is 0 Å². The van der Waals surface area contributed by atoms with Gasteiger partial charge in [-0.15, -0.1) is 0 Å². The molecule has 5 nitrogen and oxygen atoms in total. The highest BCUT2D eigenvalue weighted by Crippen LogP contribution is 2.40. The molecule has 1 fully saturated rings. The van der Waals surface area contributed by atoms with Gasteiger partial charge in [-0.2, -0.15) is 0 Å². The second-order valence-electron chi connectivity index (χ2n) is 8.88. The molecule has 190 valence electrons. The Morgan fingerprint density at radius 3 is 2.26 bits per heavy atom. The van der Waals surface area contributed by atoms with Gasteiger partial charge in [-0.3, -0.25) is 4.79 Å². The molecule has 6 heteroatoms. The van der Waals surface area contributed by atoms with Crippen LogP contribution in [0.25, 0.3) is 0 Å². The highest BCUT2D eigenvalue weighted by atomic mass is 32.2. The molecule has 0 aromatic heterocycles. The molecule has 0 aromatic rings. The highest BCUT2D eigenvalue weighted by molar-refractivity contribution is 7.88. The van der Waals surface area contributed by atoms with Crippen LogP contribution in [0.5, 0.6) is 0 Å². The fraction of sp³-hybridized carbons (Fsp3) is 0.536. The number of esters is 1. The molecular formula is C28H43NO4S. The zero-order valence-electron chi connectivity index (χ0n) is 21.9. The third kappa shape index (κ3) is 8.88. The molecule has 0 aliphatic carbocycles. The van der Waals surface area contributed by atoms with Crippen molar-refractivity contribution in [3.8, 4) is 0 Å². The van der Waals surface area contributed by atoms with Crippen molar-refractivity contribution in [1.82, 2.24) is 4.31 Å². The first kappa shape index (κ1) is 29.9. The number of sulfonamides is 1. The SMILES string of the molecule is C=CC(/C=C(\C)CCC(=O)OCC)=C(\C=C/C)C(C(=C)/C(C)=C\C)C1CCN(S(C)(=O)=O)CC1. The van der Waals surface area contributed by atoms with Crippen molar-refractivity contribution in [2.45, 2.75) is 60.3 Å². The van der Waals surface area contributed by atoms with Gasteiger partial charge in [0.05, 0.1) is 12.9 Å². The van der Waals surface area contributed by atoms with Gasteiger partial charge in [0, 0.05) is 25.4 Å². The van der Waals surface area contributed by atoms with E-state index in [0.717, 1.165) is 40.7 Å². The minimum atomic E-state index is -3.19. The second kappa shape index (κ2) is 14.3. The summed E-state index contributed by atoms with van der Waals surface area (Å²) in [6.45, 7) is 19.9. The summed E-state index contributed by atoms with van der Waals surface area (Å²) >= 11 is 0. The van der Waals surface area contributed by atoms with Crippen molar-refractivity contribution < 1.29 is 17.9 Å². The van der Waals surface area contributed by atoms with Gasteiger partial charge in [0.1, 0.15) is 0 Å². The molecule has 0 amide bonds. The van der Waals surface area contributed by atoms with Crippen LogP contribution < -0.4 is 0 Å². The minimum Gasteiger partial charge on any atom is -0.466 e. The molecule has 1 aliphatic heterocycles. The Hall–Kier alpha value is -2.18. The first-order valence-corrected chi connectivity index (χ1v) is 13.9. The number of hydrogen-bond donors (Lipinski definition) is 0. The Morgan fingerprint density at radius 2 is 1.79 bits per heavy atom.